The number of carbonyl (C=O) groups is 1. The number of para-hydroxylation sites is 1. The Morgan fingerprint density at radius 3 is 2.11 bits per heavy atom. The molecule has 0 aliphatic rings. The van der Waals surface area contributed by atoms with E-state index in [-0.39, 0.29) is 11.4 Å². The molecule has 3 aromatic rings. The van der Waals surface area contributed by atoms with E-state index < -0.39 is 15.9 Å². The van der Waals surface area contributed by atoms with Gasteiger partial charge in [-0.2, -0.15) is 0 Å². The molecule has 0 unspecified atom stereocenters. The average molecular weight is 394 g/mol. The molecule has 0 saturated carbocycles. The van der Waals surface area contributed by atoms with Crippen LogP contribution >= 0.6 is 0 Å². The third kappa shape index (κ3) is 4.40. The number of anilines is 2. The largest absolute Gasteiger partial charge is 0.324 e. The van der Waals surface area contributed by atoms with Crippen molar-refractivity contribution in [2.75, 3.05) is 16.2 Å². The summed E-state index contributed by atoms with van der Waals surface area (Å²) >= 11 is 0. The summed E-state index contributed by atoms with van der Waals surface area (Å²) in [5.41, 5.74) is 3.11. The van der Waals surface area contributed by atoms with E-state index >= 15 is 0 Å². The molecule has 1 N–H and O–H groups in total. The highest BCUT2D eigenvalue weighted by Crippen LogP contribution is 2.24. The van der Waals surface area contributed by atoms with Crippen LogP contribution in [-0.4, -0.2) is 20.9 Å². The maximum atomic E-state index is 13.2. The molecular formula is C22H22N2O3S. The minimum Gasteiger partial charge on any atom is -0.324 e. The van der Waals surface area contributed by atoms with Crippen molar-refractivity contribution in [3.63, 3.8) is 0 Å². The quantitative estimate of drug-likeness (QED) is 0.683. The average Bonchev–Trinajstić information content (AvgIpc) is 2.69. The van der Waals surface area contributed by atoms with Gasteiger partial charge in [0.25, 0.3) is 10.0 Å². The van der Waals surface area contributed by atoms with E-state index in [4.69, 9.17) is 0 Å². The molecule has 1 amide bonds. The topological polar surface area (TPSA) is 66.5 Å². The molecule has 0 spiro atoms. The van der Waals surface area contributed by atoms with Gasteiger partial charge in [-0.05, 0) is 49.7 Å². The molecule has 0 heterocycles. The highest BCUT2D eigenvalue weighted by molar-refractivity contribution is 7.92. The van der Waals surface area contributed by atoms with Crippen molar-refractivity contribution >= 4 is 27.3 Å². The van der Waals surface area contributed by atoms with Crippen LogP contribution in [0.5, 0.6) is 0 Å². The molecule has 3 rings (SSSR count). The number of hydrogen-bond acceptors (Lipinski definition) is 3. The Bertz CT molecular complexity index is 1070. The van der Waals surface area contributed by atoms with Gasteiger partial charge in [-0.1, -0.05) is 54.1 Å². The Kier molecular flexibility index (Phi) is 5.80. The summed E-state index contributed by atoms with van der Waals surface area (Å²) in [5.74, 6) is -0.407. The Morgan fingerprint density at radius 2 is 1.50 bits per heavy atom. The summed E-state index contributed by atoms with van der Waals surface area (Å²) in [4.78, 5) is 12.8. The second-order valence-electron chi connectivity index (χ2n) is 6.53. The van der Waals surface area contributed by atoms with Crippen molar-refractivity contribution in [1.29, 1.82) is 0 Å². The van der Waals surface area contributed by atoms with Crippen molar-refractivity contribution in [2.24, 2.45) is 0 Å². The molecule has 0 bridgehead atoms. The summed E-state index contributed by atoms with van der Waals surface area (Å²) in [6.07, 6.45) is 0. The maximum Gasteiger partial charge on any atom is 0.264 e. The standard InChI is InChI=1S/C22H22N2O3S/c1-17-13-14-21(18(2)15-17)23-22(25)16-24(19-9-5-3-6-10-19)28(26,27)20-11-7-4-8-12-20/h3-15H,16H2,1-2H3,(H,23,25). The van der Waals surface area contributed by atoms with Crippen LogP contribution in [0.3, 0.4) is 0 Å². The van der Waals surface area contributed by atoms with Gasteiger partial charge < -0.3 is 5.32 Å². The van der Waals surface area contributed by atoms with Crippen LogP contribution in [-0.2, 0) is 14.8 Å². The first-order chi connectivity index (χ1) is 13.4. The van der Waals surface area contributed by atoms with Crippen LogP contribution in [0.4, 0.5) is 11.4 Å². The Labute approximate surface area is 165 Å². The number of nitrogens with zero attached hydrogens (tertiary/aromatic N) is 1. The van der Waals surface area contributed by atoms with Gasteiger partial charge in [-0.25, -0.2) is 8.42 Å². The van der Waals surface area contributed by atoms with Crippen molar-refractivity contribution in [1.82, 2.24) is 0 Å². The number of sulfonamides is 1. The normalized spacial score (nSPS) is 11.1. The number of nitrogens with one attached hydrogen (secondary N) is 1. The fraction of sp³-hybridized carbons (Fsp3) is 0.136. The SMILES string of the molecule is Cc1ccc(NC(=O)CN(c2ccccc2)S(=O)(=O)c2ccccc2)c(C)c1. The van der Waals surface area contributed by atoms with Gasteiger partial charge in [0.05, 0.1) is 10.6 Å². The number of aryl methyl sites for hydroxylation is 2. The van der Waals surface area contributed by atoms with E-state index in [2.05, 4.69) is 5.32 Å². The highest BCUT2D eigenvalue weighted by Gasteiger charge is 2.27. The molecule has 3 aromatic carbocycles. The lowest BCUT2D eigenvalue weighted by atomic mass is 10.1. The molecule has 0 fully saturated rings. The summed E-state index contributed by atoms with van der Waals surface area (Å²) in [5, 5.41) is 2.82. The molecule has 5 nitrogen and oxygen atoms in total. The van der Waals surface area contributed by atoms with Gasteiger partial charge in [0, 0.05) is 5.69 Å². The van der Waals surface area contributed by atoms with E-state index in [9.17, 15) is 13.2 Å². The van der Waals surface area contributed by atoms with Crippen LogP contribution in [0.1, 0.15) is 11.1 Å². The smallest absolute Gasteiger partial charge is 0.264 e. The Hall–Kier alpha value is -3.12. The first-order valence-corrected chi connectivity index (χ1v) is 10.3. The number of amides is 1. The zero-order valence-electron chi connectivity index (χ0n) is 15.8. The Balaban J connectivity index is 1.91. The molecule has 0 aromatic heterocycles. The van der Waals surface area contributed by atoms with Crippen LogP contribution in [0.25, 0.3) is 0 Å². The van der Waals surface area contributed by atoms with Gasteiger partial charge >= 0.3 is 0 Å². The summed E-state index contributed by atoms with van der Waals surface area (Å²) in [7, 11) is -3.89. The summed E-state index contributed by atoms with van der Waals surface area (Å²) in [6.45, 7) is 3.55. The first-order valence-electron chi connectivity index (χ1n) is 8.88. The fourth-order valence-corrected chi connectivity index (χ4v) is 4.35. The van der Waals surface area contributed by atoms with Gasteiger partial charge in [0.1, 0.15) is 6.54 Å². The van der Waals surface area contributed by atoms with Crippen molar-refractivity contribution in [2.45, 2.75) is 18.7 Å². The van der Waals surface area contributed by atoms with Crippen LogP contribution in [0.15, 0.2) is 83.8 Å². The lowest BCUT2D eigenvalue weighted by Crippen LogP contribution is -2.38. The second kappa shape index (κ2) is 8.27. The zero-order valence-corrected chi connectivity index (χ0v) is 16.6. The fourth-order valence-electron chi connectivity index (χ4n) is 2.90. The predicted molar refractivity (Wildman–Crippen MR) is 112 cm³/mol. The minimum absolute atomic E-state index is 0.137. The third-order valence-corrected chi connectivity index (χ3v) is 6.11. The lowest BCUT2D eigenvalue weighted by Gasteiger charge is -2.24. The molecule has 6 heteroatoms. The van der Waals surface area contributed by atoms with E-state index in [0.717, 1.165) is 15.4 Å². The highest BCUT2D eigenvalue weighted by atomic mass is 32.2. The van der Waals surface area contributed by atoms with Crippen LogP contribution in [0, 0.1) is 13.8 Å². The monoisotopic (exact) mass is 394 g/mol. The first kappa shape index (κ1) is 19.6. The van der Waals surface area contributed by atoms with Gasteiger partial charge in [-0.3, -0.25) is 9.10 Å². The lowest BCUT2D eigenvalue weighted by molar-refractivity contribution is -0.114. The predicted octanol–water partition coefficient (Wildman–Crippen LogP) is 4.14. The molecule has 144 valence electrons. The molecule has 28 heavy (non-hydrogen) atoms. The molecule has 0 atom stereocenters. The Morgan fingerprint density at radius 1 is 0.893 bits per heavy atom. The van der Waals surface area contributed by atoms with Gasteiger partial charge in [0.15, 0.2) is 0 Å². The van der Waals surface area contributed by atoms with Gasteiger partial charge in [-0.15, -0.1) is 0 Å². The molecular weight excluding hydrogens is 372 g/mol. The minimum atomic E-state index is -3.89. The van der Waals surface area contributed by atoms with Crippen molar-refractivity contribution < 1.29 is 13.2 Å². The van der Waals surface area contributed by atoms with Crippen LogP contribution in [0.2, 0.25) is 0 Å². The summed E-state index contributed by atoms with van der Waals surface area (Å²) in [6, 6.07) is 22.4. The van der Waals surface area contributed by atoms with E-state index in [1.54, 1.807) is 48.5 Å². The van der Waals surface area contributed by atoms with Crippen LogP contribution < -0.4 is 9.62 Å². The molecule has 0 aliphatic heterocycles. The van der Waals surface area contributed by atoms with Crippen molar-refractivity contribution in [3.8, 4) is 0 Å². The van der Waals surface area contributed by atoms with E-state index in [1.807, 2.05) is 32.0 Å². The third-order valence-electron chi connectivity index (χ3n) is 4.32. The van der Waals surface area contributed by atoms with Gasteiger partial charge in [0.2, 0.25) is 5.91 Å². The molecule has 0 radical (unpaired) electrons. The zero-order chi connectivity index (χ0) is 20.1. The molecule has 0 aliphatic carbocycles. The van der Waals surface area contributed by atoms with E-state index in [1.165, 1.54) is 12.1 Å². The summed E-state index contributed by atoms with van der Waals surface area (Å²) < 4.78 is 27.5. The number of hydrogen-bond donors (Lipinski definition) is 1. The maximum absolute atomic E-state index is 13.2. The number of rotatable bonds is 6. The van der Waals surface area contributed by atoms with Crippen molar-refractivity contribution in [3.05, 3.63) is 90.0 Å². The number of carbonyl (C=O) groups excluding carboxylic acids is 1. The van der Waals surface area contributed by atoms with E-state index in [0.29, 0.717) is 11.4 Å². The second-order valence-corrected chi connectivity index (χ2v) is 8.39. The molecule has 0 saturated heterocycles. The number of benzene rings is 3.